The molecule has 0 aromatic heterocycles. The van der Waals surface area contributed by atoms with Crippen LogP contribution in [0.15, 0.2) is 65.8 Å². The first kappa shape index (κ1) is 23.4. The number of nitrogens with one attached hydrogen (secondary N) is 2. The van der Waals surface area contributed by atoms with E-state index in [-0.39, 0.29) is 19.9 Å². The van der Waals surface area contributed by atoms with Gasteiger partial charge in [-0.3, -0.25) is 9.59 Å². The molecule has 0 spiro atoms. The molecule has 1 aliphatic rings. The largest absolute Gasteiger partial charge is 0.488 e. The second-order valence-corrected chi connectivity index (χ2v) is 7.95. The summed E-state index contributed by atoms with van der Waals surface area (Å²) in [6.45, 7) is 0.0939. The Hall–Kier alpha value is -3.75. The van der Waals surface area contributed by atoms with Crippen LogP contribution in [0.5, 0.6) is 17.2 Å². The summed E-state index contributed by atoms with van der Waals surface area (Å²) in [5.74, 6) is 0.627. The third-order valence-electron chi connectivity index (χ3n) is 4.75. The summed E-state index contributed by atoms with van der Waals surface area (Å²) in [5.41, 5.74) is 4.09. The number of benzene rings is 3. The van der Waals surface area contributed by atoms with Crippen LogP contribution in [0.3, 0.4) is 0 Å². The van der Waals surface area contributed by atoms with Crippen molar-refractivity contribution in [3.63, 3.8) is 0 Å². The van der Waals surface area contributed by atoms with Crippen molar-refractivity contribution in [2.75, 3.05) is 13.3 Å². The fourth-order valence-electron chi connectivity index (χ4n) is 3.04. The molecule has 10 heteroatoms. The number of nitrogens with zero attached hydrogens (tertiary/aromatic N) is 1. The standard InChI is InChI=1S/C24H19Cl2N3O5/c25-18-6-8-20(32-13-16-3-1-2-4-19(16)26)17(9-18)11-28-29-23(30)12-27-24(31)15-5-7-21-22(10-15)34-14-33-21/h1-11H,12-14H2,(H,27,31)(H,29,30). The van der Waals surface area contributed by atoms with E-state index >= 15 is 0 Å². The van der Waals surface area contributed by atoms with Gasteiger partial charge in [-0.15, -0.1) is 0 Å². The van der Waals surface area contributed by atoms with E-state index in [1.807, 2.05) is 18.2 Å². The summed E-state index contributed by atoms with van der Waals surface area (Å²) >= 11 is 12.3. The summed E-state index contributed by atoms with van der Waals surface area (Å²) in [4.78, 5) is 24.4. The van der Waals surface area contributed by atoms with Crippen molar-refractivity contribution < 1.29 is 23.8 Å². The molecule has 174 valence electrons. The average molecular weight is 500 g/mol. The van der Waals surface area contributed by atoms with E-state index in [2.05, 4.69) is 15.8 Å². The van der Waals surface area contributed by atoms with Crippen LogP contribution in [-0.2, 0) is 11.4 Å². The van der Waals surface area contributed by atoms with Crippen LogP contribution in [0, 0.1) is 0 Å². The Bertz CT molecular complexity index is 1250. The molecule has 2 N–H and O–H groups in total. The van der Waals surface area contributed by atoms with Crippen molar-refractivity contribution >= 4 is 41.2 Å². The van der Waals surface area contributed by atoms with Gasteiger partial charge >= 0.3 is 0 Å². The van der Waals surface area contributed by atoms with Crippen LogP contribution < -0.4 is 25.0 Å². The van der Waals surface area contributed by atoms with Crippen molar-refractivity contribution in [3.05, 3.63) is 87.4 Å². The number of fused-ring (bicyclic) bond motifs is 1. The lowest BCUT2D eigenvalue weighted by molar-refractivity contribution is -0.120. The second kappa shape index (κ2) is 10.9. The predicted octanol–water partition coefficient (Wildman–Crippen LogP) is 4.18. The van der Waals surface area contributed by atoms with Gasteiger partial charge in [0.15, 0.2) is 11.5 Å². The van der Waals surface area contributed by atoms with E-state index in [4.69, 9.17) is 37.4 Å². The topological polar surface area (TPSA) is 98.3 Å². The number of carbonyl (C=O) groups excluding carboxylic acids is 2. The van der Waals surface area contributed by atoms with Gasteiger partial charge in [-0.1, -0.05) is 41.4 Å². The van der Waals surface area contributed by atoms with Gasteiger partial charge in [0.25, 0.3) is 11.8 Å². The lowest BCUT2D eigenvalue weighted by Gasteiger charge is -2.10. The summed E-state index contributed by atoms with van der Waals surface area (Å²) in [7, 11) is 0. The highest BCUT2D eigenvalue weighted by Gasteiger charge is 2.16. The maximum Gasteiger partial charge on any atom is 0.259 e. The molecule has 0 unspecified atom stereocenters. The van der Waals surface area contributed by atoms with Crippen molar-refractivity contribution in [2.45, 2.75) is 6.61 Å². The second-order valence-electron chi connectivity index (χ2n) is 7.11. The Kier molecular flexibility index (Phi) is 7.51. The van der Waals surface area contributed by atoms with E-state index in [1.54, 1.807) is 42.5 Å². The molecule has 0 bridgehead atoms. The first-order valence-electron chi connectivity index (χ1n) is 10.1. The number of hydrogen-bond acceptors (Lipinski definition) is 6. The number of carbonyl (C=O) groups is 2. The van der Waals surface area contributed by atoms with Crippen LogP contribution >= 0.6 is 23.2 Å². The molecule has 0 atom stereocenters. The van der Waals surface area contributed by atoms with Crippen LogP contribution in [0.4, 0.5) is 0 Å². The number of hydrazone groups is 1. The molecule has 1 aliphatic heterocycles. The van der Waals surface area contributed by atoms with Gasteiger partial charge in [0.05, 0.1) is 12.8 Å². The van der Waals surface area contributed by atoms with Crippen LogP contribution in [0.25, 0.3) is 0 Å². The minimum Gasteiger partial charge on any atom is -0.488 e. The lowest BCUT2D eigenvalue weighted by atomic mass is 10.2. The molecule has 0 aliphatic carbocycles. The number of hydrogen-bond donors (Lipinski definition) is 2. The van der Waals surface area contributed by atoms with Gasteiger partial charge < -0.3 is 19.5 Å². The van der Waals surface area contributed by atoms with Gasteiger partial charge in [0, 0.05) is 26.7 Å². The number of halogens is 2. The number of rotatable bonds is 8. The smallest absolute Gasteiger partial charge is 0.259 e. The van der Waals surface area contributed by atoms with E-state index in [1.165, 1.54) is 6.21 Å². The average Bonchev–Trinajstić information content (AvgIpc) is 3.31. The minimum atomic E-state index is -0.508. The van der Waals surface area contributed by atoms with Gasteiger partial charge in [-0.25, -0.2) is 5.43 Å². The molecule has 34 heavy (non-hydrogen) atoms. The van der Waals surface area contributed by atoms with Crippen LogP contribution in [-0.4, -0.2) is 31.4 Å². The molecule has 1 heterocycles. The van der Waals surface area contributed by atoms with Gasteiger partial charge in [0.1, 0.15) is 12.4 Å². The van der Waals surface area contributed by atoms with Gasteiger partial charge in [0.2, 0.25) is 6.79 Å². The number of amides is 2. The van der Waals surface area contributed by atoms with Gasteiger partial charge in [-0.05, 0) is 42.5 Å². The summed E-state index contributed by atoms with van der Waals surface area (Å²) < 4.78 is 16.3. The Morgan fingerprint density at radius 3 is 2.71 bits per heavy atom. The van der Waals surface area contributed by atoms with E-state index in [0.717, 1.165) is 5.56 Å². The van der Waals surface area contributed by atoms with Gasteiger partial charge in [-0.2, -0.15) is 5.10 Å². The normalized spacial score (nSPS) is 11.9. The van der Waals surface area contributed by atoms with Crippen molar-refractivity contribution in [1.82, 2.24) is 10.7 Å². The quantitative estimate of drug-likeness (QED) is 0.357. The van der Waals surface area contributed by atoms with E-state index in [9.17, 15) is 9.59 Å². The molecule has 0 fully saturated rings. The van der Waals surface area contributed by atoms with Crippen molar-refractivity contribution in [2.24, 2.45) is 5.10 Å². The zero-order chi connectivity index (χ0) is 23.9. The van der Waals surface area contributed by atoms with E-state index < -0.39 is 11.8 Å². The third kappa shape index (κ3) is 5.98. The van der Waals surface area contributed by atoms with E-state index in [0.29, 0.717) is 38.4 Å². The number of ether oxygens (including phenoxy) is 3. The molecule has 8 nitrogen and oxygen atoms in total. The first-order chi connectivity index (χ1) is 16.5. The Labute approximate surface area is 205 Å². The summed E-state index contributed by atoms with van der Waals surface area (Å²) in [6, 6.07) is 17.2. The Morgan fingerprint density at radius 2 is 1.85 bits per heavy atom. The fraction of sp³-hybridized carbons (Fsp3) is 0.125. The van der Waals surface area contributed by atoms with Crippen molar-refractivity contribution in [3.8, 4) is 17.2 Å². The zero-order valence-electron chi connectivity index (χ0n) is 17.7. The lowest BCUT2D eigenvalue weighted by Crippen LogP contribution is -2.34. The highest BCUT2D eigenvalue weighted by Crippen LogP contribution is 2.32. The molecular formula is C24H19Cl2N3O5. The predicted molar refractivity (Wildman–Crippen MR) is 128 cm³/mol. The summed E-state index contributed by atoms with van der Waals surface area (Å²) in [6.07, 6.45) is 1.41. The molecule has 0 radical (unpaired) electrons. The van der Waals surface area contributed by atoms with Crippen LogP contribution in [0.1, 0.15) is 21.5 Å². The maximum atomic E-state index is 12.3. The Balaban J connectivity index is 1.31. The first-order valence-corrected chi connectivity index (χ1v) is 10.9. The molecule has 3 aromatic rings. The molecule has 2 amide bonds. The molecule has 3 aromatic carbocycles. The third-order valence-corrected chi connectivity index (χ3v) is 5.35. The van der Waals surface area contributed by atoms with Crippen molar-refractivity contribution in [1.29, 1.82) is 0 Å². The minimum absolute atomic E-state index is 0.111. The molecular weight excluding hydrogens is 481 g/mol. The maximum absolute atomic E-state index is 12.3. The molecule has 0 saturated carbocycles. The monoisotopic (exact) mass is 499 g/mol. The molecule has 0 saturated heterocycles. The van der Waals surface area contributed by atoms with Crippen LogP contribution in [0.2, 0.25) is 10.0 Å². The highest BCUT2D eigenvalue weighted by molar-refractivity contribution is 6.31. The zero-order valence-corrected chi connectivity index (χ0v) is 19.2. The summed E-state index contributed by atoms with van der Waals surface area (Å²) in [5, 5.41) is 7.54. The highest BCUT2D eigenvalue weighted by atomic mass is 35.5. The SMILES string of the molecule is O=C(CNC(=O)c1ccc2c(c1)OCO2)NN=Cc1cc(Cl)ccc1OCc1ccccc1Cl. The Morgan fingerprint density at radius 1 is 1.03 bits per heavy atom. The fourth-order valence-corrected chi connectivity index (χ4v) is 3.41. The molecule has 4 rings (SSSR count).